The first-order valence-corrected chi connectivity index (χ1v) is 9.49. The second-order valence-corrected chi connectivity index (χ2v) is 7.59. The first-order chi connectivity index (χ1) is 14.0. The van der Waals surface area contributed by atoms with Gasteiger partial charge in [-0.15, -0.1) is 0 Å². The van der Waals surface area contributed by atoms with Crippen LogP contribution in [0.1, 0.15) is 44.6 Å². The molecule has 1 aliphatic carbocycles. The molecule has 29 heavy (non-hydrogen) atoms. The van der Waals surface area contributed by atoms with Crippen molar-refractivity contribution in [2.24, 2.45) is 5.92 Å². The number of fused-ring (bicyclic) bond motifs is 5. The molecule has 3 unspecified atom stereocenters. The lowest BCUT2D eigenvalue weighted by atomic mass is 9.75. The minimum Gasteiger partial charge on any atom is -0.478 e. The number of carboxylic acids is 1. The first kappa shape index (κ1) is 17.4. The van der Waals surface area contributed by atoms with Crippen molar-refractivity contribution in [2.75, 3.05) is 5.32 Å². The summed E-state index contributed by atoms with van der Waals surface area (Å²) < 4.78 is 0. The predicted octanol–water partition coefficient (Wildman–Crippen LogP) is 4.76. The van der Waals surface area contributed by atoms with Gasteiger partial charge in [0.15, 0.2) is 0 Å². The molecular weight excluding hydrogens is 368 g/mol. The molecular formula is C23H18N2O4. The summed E-state index contributed by atoms with van der Waals surface area (Å²) in [5.41, 5.74) is 5.09. The van der Waals surface area contributed by atoms with E-state index in [1.54, 1.807) is 24.3 Å². The number of nitrogens with zero attached hydrogens (tertiary/aromatic N) is 1. The van der Waals surface area contributed by atoms with Crippen molar-refractivity contribution in [1.29, 1.82) is 0 Å². The van der Waals surface area contributed by atoms with Crippen LogP contribution in [0.3, 0.4) is 0 Å². The Bertz CT molecular complexity index is 1160. The molecule has 1 aliphatic heterocycles. The minimum absolute atomic E-state index is 0.0358. The van der Waals surface area contributed by atoms with Gasteiger partial charge in [0.05, 0.1) is 22.2 Å². The summed E-state index contributed by atoms with van der Waals surface area (Å²) in [6.07, 6.45) is 0.831. The molecule has 0 radical (unpaired) electrons. The number of anilines is 1. The number of para-hydroxylation sites is 1. The number of non-ortho nitro benzene ring substituents is 1. The normalized spacial score (nSPS) is 21.4. The van der Waals surface area contributed by atoms with Gasteiger partial charge in [-0.3, -0.25) is 10.1 Å². The van der Waals surface area contributed by atoms with E-state index in [1.807, 2.05) is 24.3 Å². The third-order valence-electron chi connectivity index (χ3n) is 6.10. The highest BCUT2D eigenvalue weighted by molar-refractivity contribution is 5.96. The van der Waals surface area contributed by atoms with Gasteiger partial charge >= 0.3 is 5.97 Å². The summed E-state index contributed by atoms with van der Waals surface area (Å²) in [5.74, 6) is -0.797. The van der Waals surface area contributed by atoms with Gasteiger partial charge in [0.1, 0.15) is 0 Å². The highest BCUT2D eigenvalue weighted by Crippen LogP contribution is 2.54. The van der Waals surface area contributed by atoms with Gasteiger partial charge in [0.2, 0.25) is 0 Å². The third kappa shape index (κ3) is 2.68. The number of benzene rings is 3. The van der Waals surface area contributed by atoms with Crippen LogP contribution >= 0.6 is 0 Å². The fourth-order valence-corrected chi connectivity index (χ4v) is 4.93. The number of nitro groups is 1. The Morgan fingerprint density at radius 3 is 2.59 bits per heavy atom. The number of rotatable bonds is 3. The van der Waals surface area contributed by atoms with E-state index in [2.05, 4.69) is 17.4 Å². The van der Waals surface area contributed by atoms with E-state index in [9.17, 15) is 20.0 Å². The molecule has 0 fully saturated rings. The standard InChI is InChI=1S/C23H18N2O4/c26-23(27)18-10-4-9-17-20-16-8-2-1-5-13(16)12-19(20)21(24-22(17)18)14-6-3-7-15(11-14)25(28)29/h1-11,19-21,24H,12H2,(H,26,27). The van der Waals surface area contributed by atoms with E-state index in [1.165, 1.54) is 17.2 Å². The summed E-state index contributed by atoms with van der Waals surface area (Å²) in [6.45, 7) is 0. The Hall–Kier alpha value is -3.67. The van der Waals surface area contributed by atoms with E-state index >= 15 is 0 Å². The van der Waals surface area contributed by atoms with E-state index in [4.69, 9.17) is 0 Å². The van der Waals surface area contributed by atoms with E-state index in [0.717, 1.165) is 17.5 Å². The lowest BCUT2D eigenvalue weighted by Crippen LogP contribution is -2.31. The molecule has 3 aromatic rings. The van der Waals surface area contributed by atoms with Crippen LogP contribution in [0.15, 0.2) is 66.7 Å². The van der Waals surface area contributed by atoms with Gasteiger partial charge in [0.25, 0.3) is 5.69 Å². The largest absolute Gasteiger partial charge is 0.478 e. The topological polar surface area (TPSA) is 92.5 Å². The molecule has 0 saturated carbocycles. The highest BCUT2D eigenvalue weighted by atomic mass is 16.6. The van der Waals surface area contributed by atoms with Crippen LogP contribution in [-0.2, 0) is 6.42 Å². The van der Waals surface area contributed by atoms with E-state index in [-0.39, 0.29) is 29.1 Å². The van der Waals surface area contributed by atoms with E-state index < -0.39 is 10.9 Å². The number of carbonyl (C=O) groups is 1. The Morgan fingerprint density at radius 2 is 1.79 bits per heavy atom. The van der Waals surface area contributed by atoms with Gasteiger partial charge in [-0.05, 0) is 40.7 Å². The van der Waals surface area contributed by atoms with Crippen LogP contribution < -0.4 is 5.32 Å². The molecule has 6 nitrogen and oxygen atoms in total. The quantitative estimate of drug-likeness (QED) is 0.500. The Labute approximate surface area is 167 Å². The third-order valence-corrected chi connectivity index (χ3v) is 6.10. The average Bonchev–Trinajstić information content (AvgIpc) is 3.12. The van der Waals surface area contributed by atoms with Gasteiger partial charge in [-0.1, -0.05) is 48.5 Å². The number of nitrogens with one attached hydrogen (secondary N) is 1. The maximum atomic E-state index is 11.9. The fourth-order valence-electron chi connectivity index (χ4n) is 4.93. The zero-order valence-electron chi connectivity index (χ0n) is 15.4. The molecule has 3 atom stereocenters. The monoisotopic (exact) mass is 386 g/mol. The van der Waals surface area contributed by atoms with Gasteiger partial charge in [-0.25, -0.2) is 4.79 Å². The number of aromatic carboxylic acids is 1. The molecule has 1 heterocycles. The minimum atomic E-state index is -0.989. The molecule has 5 rings (SSSR count). The fraction of sp³-hybridized carbons (Fsp3) is 0.174. The summed E-state index contributed by atoms with van der Waals surface area (Å²) in [6, 6.07) is 20.0. The van der Waals surface area contributed by atoms with Crippen molar-refractivity contribution >= 4 is 17.3 Å². The molecule has 2 aliphatic rings. The zero-order chi connectivity index (χ0) is 20.1. The summed E-state index contributed by atoms with van der Waals surface area (Å²) in [4.78, 5) is 22.8. The van der Waals surface area contributed by atoms with Crippen molar-refractivity contribution < 1.29 is 14.8 Å². The number of hydrogen-bond acceptors (Lipinski definition) is 4. The van der Waals surface area contributed by atoms with Crippen molar-refractivity contribution in [3.8, 4) is 0 Å². The molecule has 0 aromatic heterocycles. The summed E-state index contributed by atoms with van der Waals surface area (Å²) in [7, 11) is 0. The second-order valence-electron chi connectivity index (χ2n) is 7.59. The van der Waals surface area contributed by atoms with Crippen molar-refractivity contribution in [2.45, 2.75) is 18.4 Å². The van der Waals surface area contributed by atoms with Crippen LogP contribution in [0.5, 0.6) is 0 Å². The number of hydrogen-bond donors (Lipinski definition) is 2. The van der Waals surface area contributed by atoms with Crippen LogP contribution in [0.4, 0.5) is 11.4 Å². The highest BCUT2D eigenvalue weighted by Gasteiger charge is 2.44. The molecule has 0 amide bonds. The van der Waals surface area contributed by atoms with E-state index in [0.29, 0.717) is 5.69 Å². The Morgan fingerprint density at radius 1 is 1.03 bits per heavy atom. The second kappa shape index (κ2) is 6.44. The van der Waals surface area contributed by atoms with Crippen molar-refractivity contribution in [3.63, 3.8) is 0 Å². The van der Waals surface area contributed by atoms with Gasteiger partial charge < -0.3 is 10.4 Å². The predicted molar refractivity (Wildman–Crippen MR) is 108 cm³/mol. The van der Waals surface area contributed by atoms with Crippen molar-refractivity contribution in [3.05, 3.63) is 105 Å². The molecule has 2 N–H and O–H groups in total. The average molecular weight is 386 g/mol. The Kier molecular flexibility index (Phi) is 3.87. The maximum absolute atomic E-state index is 11.9. The van der Waals surface area contributed by atoms with Crippen LogP contribution in [0.25, 0.3) is 0 Å². The van der Waals surface area contributed by atoms with Crippen molar-refractivity contribution in [1.82, 2.24) is 0 Å². The molecule has 0 bridgehead atoms. The molecule has 144 valence electrons. The van der Waals surface area contributed by atoms with Gasteiger partial charge in [-0.2, -0.15) is 0 Å². The molecule has 3 aromatic carbocycles. The molecule has 0 spiro atoms. The SMILES string of the molecule is O=C(O)c1cccc2c1NC(c1cccc([N+](=O)[O-])c1)C1Cc3ccccc3C21. The maximum Gasteiger partial charge on any atom is 0.337 e. The zero-order valence-corrected chi connectivity index (χ0v) is 15.4. The summed E-state index contributed by atoms with van der Waals surface area (Å²) in [5, 5.41) is 24.4. The van der Waals surface area contributed by atoms with Gasteiger partial charge in [0, 0.05) is 18.1 Å². The molecule has 6 heteroatoms. The molecule has 0 saturated heterocycles. The summed E-state index contributed by atoms with van der Waals surface area (Å²) >= 11 is 0. The first-order valence-electron chi connectivity index (χ1n) is 9.49. The number of carboxylic acid groups (broad SMARTS) is 1. The Balaban J connectivity index is 1.71. The van der Waals surface area contributed by atoms with Crippen LogP contribution in [0.2, 0.25) is 0 Å². The smallest absolute Gasteiger partial charge is 0.337 e. The lowest BCUT2D eigenvalue weighted by molar-refractivity contribution is -0.384. The van der Waals surface area contributed by atoms with Crippen LogP contribution in [0, 0.1) is 16.0 Å². The number of nitro benzene ring substituents is 1. The van der Waals surface area contributed by atoms with Crippen LogP contribution in [-0.4, -0.2) is 16.0 Å². The lowest BCUT2D eigenvalue weighted by Gasteiger charge is -2.38.